The molecule has 18 heteroatoms. The van der Waals surface area contributed by atoms with Crippen molar-refractivity contribution in [1.82, 2.24) is 19.6 Å². The maximum Gasteiger partial charge on any atom is 0.414 e. The smallest absolute Gasteiger partial charge is 0.414 e. The summed E-state index contributed by atoms with van der Waals surface area (Å²) in [5, 5.41) is 18.4. The van der Waals surface area contributed by atoms with Crippen molar-refractivity contribution in [3.8, 4) is 11.8 Å². The van der Waals surface area contributed by atoms with Gasteiger partial charge in [-0.3, -0.25) is 10.1 Å². The van der Waals surface area contributed by atoms with Crippen LogP contribution in [0, 0.1) is 25.2 Å². The maximum absolute atomic E-state index is 13.4. The highest BCUT2D eigenvalue weighted by molar-refractivity contribution is 8.45. The van der Waals surface area contributed by atoms with Crippen LogP contribution in [-0.4, -0.2) is 38.7 Å². The van der Waals surface area contributed by atoms with Crippen LogP contribution < -0.4 is 5.32 Å². The molecule has 1 aliphatic carbocycles. The van der Waals surface area contributed by atoms with E-state index in [4.69, 9.17) is 32.7 Å². The van der Waals surface area contributed by atoms with Gasteiger partial charge < -0.3 is 9.47 Å². The molecule has 1 N–H and O–H groups in total. The molecule has 1 aromatic carbocycles. The summed E-state index contributed by atoms with van der Waals surface area (Å²) in [5.74, 6) is -1.20. The van der Waals surface area contributed by atoms with Gasteiger partial charge in [-0.2, -0.15) is 15.5 Å². The minimum atomic E-state index is -10.2. The minimum Gasteiger partial charge on any atom is -0.468 e. The Morgan fingerprint density at radius 3 is 2.17 bits per heavy atom. The number of hydrogen-bond acceptors (Lipinski definition) is 7. The molecule has 2 heterocycles. The molecular formula is C22H19Cl2F5N6O4S. The lowest BCUT2D eigenvalue weighted by molar-refractivity contribution is -0.143. The van der Waals surface area contributed by atoms with Gasteiger partial charge in [0.25, 0.3) is 0 Å². The van der Waals surface area contributed by atoms with Gasteiger partial charge in [0.15, 0.2) is 12.4 Å². The van der Waals surface area contributed by atoms with Crippen molar-refractivity contribution in [2.24, 2.45) is 0 Å². The van der Waals surface area contributed by atoms with Crippen molar-refractivity contribution in [2.45, 2.75) is 43.7 Å². The summed E-state index contributed by atoms with van der Waals surface area (Å²) >= 11 is 12.0. The van der Waals surface area contributed by atoms with E-state index in [-0.39, 0.29) is 37.3 Å². The van der Waals surface area contributed by atoms with Crippen LogP contribution >= 0.6 is 33.4 Å². The summed E-state index contributed by atoms with van der Waals surface area (Å²) in [6.07, 6.45) is -0.809. The van der Waals surface area contributed by atoms with Crippen LogP contribution in [0.4, 0.5) is 30.0 Å². The first-order chi connectivity index (χ1) is 18.3. The Hall–Kier alpha value is -3.55. The number of nitrogens with zero attached hydrogens (tertiary/aromatic N) is 5. The van der Waals surface area contributed by atoms with Crippen LogP contribution in [0.5, 0.6) is 0 Å². The van der Waals surface area contributed by atoms with E-state index in [1.165, 1.54) is 4.68 Å². The fraction of sp³-hybridized carbons (Fsp3) is 0.318. The molecule has 0 radical (unpaired) electrons. The molecule has 0 unspecified atom stereocenters. The number of hydrogen-bond donors (Lipinski definition) is 1. The predicted octanol–water partition coefficient (Wildman–Crippen LogP) is 6.93. The van der Waals surface area contributed by atoms with E-state index in [0.717, 1.165) is 7.11 Å². The Morgan fingerprint density at radius 1 is 1.12 bits per heavy atom. The van der Waals surface area contributed by atoms with Gasteiger partial charge in [-0.1, -0.05) is 42.6 Å². The number of aryl methyl sites for hydroxylation is 2. The summed E-state index contributed by atoms with van der Waals surface area (Å²) < 4.78 is 79.3. The summed E-state index contributed by atoms with van der Waals surface area (Å²) in [5.41, 5.74) is -1.29. The van der Waals surface area contributed by atoms with Gasteiger partial charge >= 0.3 is 22.3 Å². The van der Waals surface area contributed by atoms with E-state index in [2.05, 4.69) is 15.5 Å². The highest BCUT2D eigenvalue weighted by Gasteiger charge is 2.66. The van der Waals surface area contributed by atoms with E-state index in [0.29, 0.717) is 16.1 Å². The highest BCUT2D eigenvalue weighted by atomic mass is 35.5. The number of nitriles is 1. The standard InChI is InChI=1S/C22H19Cl2F5N6O4S/c1-11-6-12(2)34(32-11)10-39-21(37)31-19-17(22(4-5-22)20(36)38-3)16(9-30)33-35(19)18-14(23)7-13(8-15(18)24)40(25,26,27,28)29/h6-8H,4-5,10H2,1-3H3,(H,31,37). The monoisotopic (exact) mass is 628 g/mol. The molecule has 10 nitrogen and oxygen atoms in total. The Bertz CT molecular complexity index is 1590. The quantitative estimate of drug-likeness (QED) is 0.222. The van der Waals surface area contributed by atoms with E-state index in [9.17, 15) is 34.3 Å². The molecule has 3 aromatic rings. The van der Waals surface area contributed by atoms with Crippen molar-refractivity contribution in [2.75, 3.05) is 12.4 Å². The van der Waals surface area contributed by atoms with Gasteiger partial charge in [0.1, 0.15) is 22.5 Å². The summed E-state index contributed by atoms with van der Waals surface area (Å²) in [4.78, 5) is 23.2. The van der Waals surface area contributed by atoms with Gasteiger partial charge in [0.2, 0.25) is 0 Å². The third-order valence-electron chi connectivity index (χ3n) is 6.09. The number of halogens is 7. The molecule has 0 spiro atoms. The Kier molecular flexibility index (Phi) is 6.61. The fourth-order valence-electron chi connectivity index (χ4n) is 4.13. The first-order valence-electron chi connectivity index (χ1n) is 11.1. The SMILES string of the molecule is COC(=O)C1(c2c(C#N)nn(-c3c(Cl)cc(S(F)(F)(F)(F)F)cc3Cl)c2NC(=O)OCn2nc(C)cc2C)CC1. The van der Waals surface area contributed by atoms with E-state index in [1.807, 2.05) is 0 Å². The molecule has 1 saturated carbocycles. The molecule has 0 bridgehead atoms. The minimum absolute atomic E-state index is 0.0458. The van der Waals surface area contributed by atoms with Crippen molar-refractivity contribution in [3.63, 3.8) is 0 Å². The number of carbonyl (C=O) groups excluding carboxylic acids is 2. The summed E-state index contributed by atoms with van der Waals surface area (Å²) in [6.45, 7) is 3.07. The lowest BCUT2D eigenvalue weighted by Gasteiger charge is -2.40. The number of anilines is 1. The average molecular weight is 629 g/mol. The van der Waals surface area contributed by atoms with Crippen LogP contribution in [0.3, 0.4) is 0 Å². The largest absolute Gasteiger partial charge is 0.468 e. The van der Waals surface area contributed by atoms with Crippen molar-refractivity contribution >= 4 is 51.3 Å². The topological polar surface area (TPSA) is 124 Å². The molecular weight excluding hydrogens is 610 g/mol. The van der Waals surface area contributed by atoms with Gasteiger partial charge in [-0.15, -0.1) is 0 Å². The molecule has 4 rings (SSSR count). The number of benzene rings is 1. The second kappa shape index (κ2) is 8.98. The third kappa shape index (κ3) is 5.40. The second-order valence-electron chi connectivity index (χ2n) is 8.99. The molecule has 0 saturated heterocycles. The summed E-state index contributed by atoms with van der Waals surface area (Å²) in [7, 11) is -9.09. The predicted molar refractivity (Wildman–Crippen MR) is 134 cm³/mol. The van der Waals surface area contributed by atoms with Gasteiger partial charge in [0.05, 0.1) is 33.8 Å². The number of amides is 1. The lowest BCUT2D eigenvalue weighted by Crippen LogP contribution is -2.26. The van der Waals surface area contributed by atoms with Crippen LogP contribution in [0.15, 0.2) is 23.1 Å². The molecule has 2 aromatic heterocycles. The number of carbonyl (C=O) groups is 2. The molecule has 1 fully saturated rings. The molecule has 1 aliphatic rings. The number of methoxy groups -OCH3 is 1. The lowest BCUT2D eigenvalue weighted by atomic mass is 9.95. The number of ether oxygens (including phenoxy) is 2. The van der Waals surface area contributed by atoms with E-state index < -0.39 is 59.8 Å². The van der Waals surface area contributed by atoms with Crippen molar-refractivity contribution < 1.29 is 38.5 Å². The third-order valence-corrected chi connectivity index (χ3v) is 7.79. The van der Waals surface area contributed by atoms with Crippen molar-refractivity contribution in [1.29, 1.82) is 5.26 Å². The number of esters is 1. The zero-order valence-corrected chi connectivity index (χ0v) is 23.1. The zero-order valence-electron chi connectivity index (χ0n) is 20.8. The second-order valence-corrected chi connectivity index (χ2v) is 12.2. The van der Waals surface area contributed by atoms with Crippen LogP contribution in [-0.2, 0) is 26.4 Å². The van der Waals surface area contributed by atoms with Crippen LogP contribution in [0.1, 0.15) is 35.5 Å². The first-order valence-corrected chi connectivity index (χ1v) is 13.8. The first kappa shape index (κ1) is 29.4. The van der Waals surface area contributed by atoms with Gasteiger partial charge in [0, 0.05) is 5.69 Å². The van der Waals surface area contributed by atoms with Crippen LogP contribution in [0.25, 0.3) is 5.69 Å². The zero-order chi connectivity index (χ0) is 29.9. The molecule has 1 amide bonds. The molecule has 0 aliphatic heterocycles. The van der Waals surface area contributed by atoms with Crippen LogP contribution in [0.2, 0.25) is 10.0 Å². The van der Waals surface area contributed by atoms with E-state index in [1.54, 1.807) is 26.0 Å². The highest BCUT2D eigenvalue weighted by Crippen LogP contribution is 3.02. The number of nitrogens with one attached hydrogen (secondary N) is 1. The maximum atomic E-state index is 13.4. The average Bonchev–Trinajstić information content (AvgIpc) is 3.46. The summed E-state index contributed by atoms with van der Waals surface area (Å²) in [6, 6.07) is 3.38. The molecule has 40 heavy (non-hydrogen) atoms. The molecule has 0 atom stereocenters. The number of aromatic nitrogens is 4. The van der Waals surface area contributed by atoms with E-state index >= 15 is 0 Å². The molecule has 216 valence electrons. The normalized spacial score (nSPS) is 15.9. The van der Waals surface area contributed by atoms with Crippen molar-refractivity contribution in [3.05, 3.63) is 50.9 Å². The Balaban J connectivity index is 1.86. The Labute approximate surface area is 233 Å². The van der Waals surface area contributed by atoms with Gasteiger partial charge in [-0.25, -0.2) is 14.2 Å². The fourth-order valence-corrected chi connectivity index (χ4v) is 5.59. The van der Waals surface area contributed by atoms with Gasteiger partial charge in [-0.05, 0) is 44.9 Å². The number of rotatable bonds is 7. The Morgan fingerprint density at radius 2 is 1.73 bits per heavy atom.